The fraction of sp³-hybridized carbons (Fsp3) is 0.588. The molecule has 0 radical (unpaired) electrons. The maximum Gasteiger partial charge on any atom is 0.0575 e. The monoisotopic (exact) mass is 257 g/mol. The maximum atomic E-state index is 5.58. The first-order chi connectivity index (χ1) is 9.13. The molecule has 1 aromatic rings. The maximum absolute atomic E-state index is 5.58. The van der Waals surface area contributed by atoms with Crippen molar-refractivity contribution >= 4 is 5.71 Å². The number of methoxy groups -OCH3 is 1. The summed E-state index contributed by atoms with van der Waals surface area (Å²) in [5, 5.41) is 0. The van der Waals surface area contributed by atoms with Gasteiger partial charge in [-0.1, -0.05) is 44.2 Å². The Morgan fingerprint density at radius 3 is 2.58 bits per heavy atom. The summed E-state index contributed by atoms with van der Waals surface area (Å²) in [6, 6.07) is 11.1. The van der Waals surface area contributed by atoms with E-state index in [0.29, 0.717) is 18.1 Å². The minimum atomic E-state index is 0.156. The summed E-state index contributed by atoms with van der Waals surface area (Å²) in [5.74, 6) is 0.626. The van der Waals surface area contributed by atoms with Gasteiger partial charge in [0, 0.05) is 18.2 Å². The van der Waals surface area contributed by atoms with Crippen LogP contribution in [0.25, 0.3) is 0 Å². The lowest BCUT2D eigenvalue weighted by atomic mass is 9.67. The summed E-state index contributed by atoms with van der Waals surface area (Å²) in [7, 11) is 1.84. The standard InChI is InChI=1S/C17H23NO/c1-17(2)14-11-13(19-3)9-10-15(14)18-16(17)12-7-5-4-6-8-12/h4-8,13-15H,9-11H2,1-3H3. The van der Waals surface area contributed by atoms with Crippen LogP contribution >= 0.6 is 0 Å². The van der Waals surface area contributed by atoms with Crippen LogP contribution in [0.3, 0.4) is 0 Å². The SMILES string of the molecule is COC1CCC2N=C(c3ccccc3)C(C)(C)C2C1. The second-order valence-electron chi connectivity index (χ2n) is 6.41. The summed E-state index contributed by atoms with van der Waals surface area (Å²) < 4.78 is 5.58. The number of fused-ring (bicyclic) bond motifs is 1. The van der Waals surface area contributed by atoms with Gasteiger partial charge in [0.15, 0.2) is 0 Å². The number of benzene rings is 1. The van der Waals surface area contributed by atoms with Crippen molar-refractivity contribution in [2.24, 2.45) is 16.3 Å². The highest BCUT2D eigenvalue weighted by Gasteiger charge is 2.48. The Morgan fingerprint density at radius 1 is 1.16 bits per heavy atom. The third-order valence-electron chi connectivity index (χ3n) is 4.98. The molecule has 19 heavy (non-hydrogen) atoms. The van der Waals surface area contributed by atoms with Crippen LogP contribution in [0.1, 0.15) is 38.7 Å². The molecule has 0 spiro atoms. The van der Waals surface area contributed by atoms with Crippen molar-refractivity contribution in [3.63, 3.8) is 0 Å². The molecule has 0 amide bonds. The molecule has 1 aromatic carbocycles. The van der Waals surface area contributed by atoms with Crippen molar-refractivity contribution in [3.8, 4) is 0 Å². The Hall–Kier alpha value is -1.15. The Morgan fingerprint density at radius 2 is 1.89 bits per heavy atom. The van der Waals surface area contributed by atoms with E-state index in [2.05, 4.69) is 44.2 Å². The smallest absolute Gasteiger partial charge is 0.0575 e. The van der Waals surface area contributed by atoms with Crippen LogP contribution < -0.4 is 0 Å². The molecule has 2 nitrogen and oxygen atoms in total. The van der Waals surface area contributed by atoms with Crippen molar-refractivity contribution < 1.29 is 4.74 Å². The van der Waals surface area contributed by atoms with Crippen molar-refractivity contribution in [1.29, 1.82) is 0 Å². The Labute approximate surface area is 115 Å². The van der Waals surface area contributed by atoms with Gasteiger partial charge in [-0.2, -0.15) is 0 Å². The number of ether oxygens (including phenoxy) is 1. The third-order valence-corrected chi connectivity index (χ3v) is 4.98. The Balaban J connectivity index is 1.92. The van der Waals surface area contributed by atoms with Gasteiger partial charge in [-0.3, -0.25) is 4.99 Å². The first-order valence-corrected chi connectivity index (χ1v) is 7.29. The van der Waals surface area contributed by atoms with Gasteiger partial charge in [0.1, 0.15) is 0 Å². The van der Waals surface area contributed by atoms with Crippen LogP contribution in [-0.4, -0.2) is 25.0 Å². The van der Waals surface area contributed by atoms with Crippen molar-refractivity contribution in [2.45, 2.75) is 45.3 Å². The molecule has 1 fully saturated rings. The molecule has 3 rings (SSSR count). The molecule has 0 aromatic heterocycles. The zero-order chi connectivity index (χ0) is 13.5. The summed E-state index contributed by atoms with van der Waals surface area (Å²) in [5.41, 5.74) is 2.74. The highest BCUT2D eigenvalue weighted by atomic mass is 16.5. The average molecular weight is 257 g/mol. The molecule has 1 aliphatic carbocycles. The fourth-order valence-corrected chi connectivity index (χ4v) is 3.81. The molecular weight excluding hydrogens is 234 g/mol. The molecule has 0 bridgehead atoms. The fourth-order valence-electron chi connectivity index (χ4n) is 3.81. The van der Waals surface area contributed by atoms with Gasteiger partial charge in [-0.05, 0) is 30.7 Å². The molecule has 3 unspecified atom stereocenters. The molecule has 3 atom stereocenters. The van der Waals surface area contributed by atoms with E-state index in [0.717, 1.165) is 12.8 Å². The molecule has 1 saturated carbocycles. The molecule has 2 heteroatoms. The summed E-state index contributed by atoms with van der Waals surface area (Å²) in [4.78, 5) is 5.06. The third kappa shape index (κ3) is 2.12. The van der Waals surface area contributed by atoms with Crippen molar-refractivity contribution in [3.05, 3.63) is 35.9 Å². The highest BCUT2D eigenvalue weighted by Crippen LogP contribution is 2.47. The summed E-state index contributed by atoms with van der Waals surface area (Å²) >= 11 is 0. The lowest BCUT2D eigenvalue weighted by Crippen LogP contribution is -2.38. The molecule has 0 N–H and O–H groups in total. The zero-order valence-electron chi connectivity index (χ0n) is 12.1. The first kappa shape index (κ1) is 12.9. The summed E-state index contributed by atoms with van der Waals surface area (Å²) in [6.45, 7) is 4.70. The Bertz CT molecular complexity index is 477. The van der Waals surface area contributed by atoms with E-state index in [4.69, 9.17) is 9.73 Å². The van der Waals surface area contributed by atoms with Crippen LogP contribution in [0, 0.1) is 11.3 Å². The number of rotatable bonds is 2. The van der Waals surface area contributed by atoms with Crippen molar-refractivity contribution in [1.82, 2.24) is 0 Å². The van der Waals surface area contributed by atoms with E-state index in [1.807, 2.05) is 7.11 Å². The molecule has 102 valence electrons. The van der Waals surface area contributed by atoms with Gasteiger partial charge >= 0.3 is 0 Å². The van der Waals surface area contributed by atoms with Gasteiger partial charge in [-0.15, -0.1) is 0 Å². The van der Waals surface area contributed by atoms with Crippen molar-refractivity contribution in [2.75, 3.05) is 7.11 Å². The lowest BCUT2D eigenvalue weighted by Gasteiger charge is -2.37. The topological polar surface area (TPSA) is 21.6 Å². The molecule has 1 aliphatic heterocycles. The number of nitrogens with zero attached hydrogens (tertiary/aromatic N) is 1. The molecule has 1 heterocycles. The second kappa shape index (κ2) is 4.75. The minimum absolute atomic E-state index is 0.156. The summed E-state index contributed by atoms with van der Waals surface area (Å²) in [6.07, 6.45) is 3.89. The van der Waals surface area contributed by atoms with E-state index >= 15 is 0 Å². The number of hydrogen-bond acceptors (Lipinski definition) is 2. The zero-order valence-corrected chi connectivity index (χ0v) is 12.1. The van der Waals surface area contributed by atoms with Crippen LogP contribution in [0.15, 0.2) is 35.3 Å². The van der Waals surface area contributed by atoms with Gasteiger partial charge in [0.25, 0.3) is 0 Å². The predicted molar refractivity (Wildman–Crippen MR) is 78.7 cm³/mol. The lowest BCUT2D eigenvalue weighted by molar-refractivity contribution is 0.0303. The normalized spacial score (nSPS) is 32.8. The average Bonchev–Trinajstić information content (AvgIpc) is 2.71. The minimum Gasteiger partial charge on any atom is -0.381 e. The van der Waals surface area contributed by atoms with E-state index in [-0.39, 0.29) is 5.41 Å². The molecule has 2 aliphatic rings. The number of hydrogen-bond donors (Lipinski definition) is 0. The molecular formula is C17H23NO. The predicted octanol–water partition coefficient (Wildman–Crippen LogP) is 3.70. The van der Waals surface area contributed by atoms with E-state index in [9.17, 15) is 0 Å². The Kier molecular flexibility index (Phi) is 3.22. The van der Waals surface area contributed by atoms with E-state index in [1.54, 1.807) is 0 Å². The van der Waals surface area contributed by atoms with Crippen LogP contribution in [0.4, 0.5) is 0 Å². The largest absolute Gasteiger partial charge is 0.381 e. The van der Waals surface area contributed by atoms with Gasteiger partial charge < -0.3 is 4.74 Å². The van der Waals surface area contributed by atoms with E-state index < -0.39 is 0 Å². The van der Waals surface area contributed by atoms with Crippen LogP contribution in [-0.2, 0) is 4.74 Å². The first-order valence-electron chi connectivity index (χ1n) is 7.29. The molecule has 0 saturated heterocycles. The highest BCUT2D eigenvalue weighted by molar-refractivity contribution is 6.05. The van der Waals surface area contributed by atoms with Gasteiger partial charge in [0.05, 0.1) is 12.1 Å². The van der Waals surface area contributed by atoms with Gasteiger partial charge in [0.2, 0.25) is 0 Å². The van der Waals surface area contributed by atoms with E-state index in [1.165, 1.54) is 17.7 Å². The number of aliphatic imine (C=N–C) groups is 1. The quantitative estimate of drug-likeness (QED) is 0.791. The second-order valence-corrected chi connectivity index (χ2v) is 6.41. The van der Waals surface area contributed by atoms with Gasteiger partial charge in [-0.25, -0.2) is 0 Å². The van der Waals surface area contributed by atoms with Crippen LogP contribution in [0.2, 0.25) is 0 Å². The van der Waals surface area contributed by atoms with Crippen LogP contribution in [0.5, 0.6) is 0 Å².